The predicted molar refractivity (Wildman–Crippen MR) is 142 cm³/mol. The molecule has 1 aliphatic heterocycles. The van der Waals surface area contributed by atoms with Gasteiger partial charge in [0.2, 0.25) is 5.91 Å². The summed E-state index contributed by atoms with van der Waals surface area (Å²) in [6, 6.07) is 26.7. The Labute approximate surface area is 215 Å². The van der Waals surface area contributed by atoms with Crippen LogP contribution in [-0.4, -0.2) is 23.7 Å². The first kappa shape index (κ1) is 25.1. The summed E-state index contributed by atoms with van der Waals surface area (Å²) in [6.45, 7) is 4.72. The topological polar surface area (TPSA) is 82.4 Å². The molecule has 0 aliphatic carbocycles. The van der Waals surface area contributed by atoms with Gasteiger partial charge in [-0.15, -0.1) is 0 Å². The number of amides is 2. The monoisotopic (exact) mass is 497 g/mol. The smallest absolute Gasteiger partial charge is 0.264 e. The summed E-state index contributed by atoms with van der Waals surface area (Å²) >= 11 is 1.26. The maximum atomic E-state index is 13.6. The van der Waals surface area contributed by atoms with Gasteiger partial charge < -0.3 is 10.1 Å². The number of thioether (sulfide) groups is 1. The van der Waals surface area contributed by atoms with Crippen molar-refractivity contribution in [2.24, 2.45) is 0 Å². The Morgan fingerprint density at radius 2 is 1.78 bits per heavy atom. The highest BCUT2D eigenvalue weighted by Gasteiger charge is 2.40. The molecule has 1 aliphatic rings. The molecule has 1 heterocycles. The summed E-state index contributed by atoms with van der Waals surface area (Å²) in [6.07, 6.45) is 0.493. The summed E-state index contributed by atoms with van der Waals surface area (Å²) in [5.41, 5.74) is 3.57. The number of aryl methyl sites for hydroxylation is 1. The molecule has 4 rings (SSSR count). The van der Waals surface area contributed by atoms with Crippen LogP contribution in [0.25, 0.3) is 0 Å². The van der Waals surface area contributed by atoms with Crippen molar-refractivity contribution >= 4 is 29.3 Å². The molecule has 1 atom stereocenters. The van der Waals surface area contributed by atoms with Crippen LogP contribution in [0, 0.1) is 18.3 Å². The van der Waals surface area contributed by atoms with Gasteiger partial charge in [0.25, 0.3) is 5.91 Å². The molecule has 1 unspecified atom stereocenters. The Morgan fingerprint density at radius 1 is 1.06 bits per heavy atom. The molecule has 3 aromatic rings. The van der Waals surface area contributed by atoms with Gasteiger partial charge in [-0.05, 0) is 55.7 Å². The third kappa shape index (κ3) is 5.78. The molecule has 6 nitrogen and oxygen atoms in total. The fourth-order valence-electron chi connectivity index (χ4n) is 4.00. The number of nitriles is 1. The van der Waals surface area contributed by atoms with Crippen molar-refractivity contribution in [1.82, 2.24) is 5.32 Å². The van der Waals surface area contributed by atoms with E-state index in [9.17, 15) is 14.9 Å². The van der Waals surface area contributed by atoms with Crippen LogP contribution in [0.2, 0.25) is 0 Å². The summed E-state index contributed by atoms with van der Waals surface area (Å²) in [5.74, 6) is 0.0107. The lowest BCUT2D eigenvalue weighted by molar-refractivity contribution is -0.117. The second kappa shape index (κ2) is 11.6. The predicted octanol–water partition coefficient (Wildman–Crippen LogP) is 5.14. The standard InChI is InChI=1S/C29H27N3O3S/c1-3-35-24-14-12-23(13-15-24)32-28(34)26(17-22-11-7-8-20(2)16-22)36-29(32)25(18-30)27(33)31-19-21-9-5-4-6-10-21/h4-16,26H,3,17,19H2,1-2H3,(H,31,33)/b29-25-. The van der Waals surface area contributed by atoms with E-state index in [0.717, 1.165) is 16.7 Å². The van der Waals surface area contributed by atoms with E-state index >= 15 is 0 Å². The van der Waals surface area contributed by atoms with E-state index in [4.69, 9.17) is 4.74 Å². The van der Waals surface area contributed by atoms with Gasteiger partial charge in [0.1, 0.15) is 22.4 Å². The molecule has 0 saturated carbocycles. The maximum absolute atomic E-state index is 13.6. The number of carbonyl (C=O) groups excluding carboxylic acids is 2. The third-order valence-electron chi connectivity index (χ3n) is 5.71. The van der Waals surface area contributed by atoms with Crippen molar-refractivity contribution < 1.29 is 14.3 Å². The van der Waals surface area contributed by atoms with Crippen LogP contribution in [0.4, 0.5) is 5.69 Å². The SMILES string of the molecule is CCOc1ccc(N2C(=O)C(Cc3cccc(C)c3)S/C2=C(/C#N)C(=O)NCc2ccccc2)cc1. The summed E-state index contributed by atoms with van der Waals surface area (Å²) in [4.78, 5) is 28.2. The van der Waals surface area contributed by atoms with Gasteiger partial charge in [0.15, 0.2) is 0 Å². The Kier molecular flexibility index (Phi) is 8.09. The van der Waals surface area contributed by atoms with Gasteiger partial charge in [-0.3, -0.25) is 14.5 Å². The molecule has 2 amide bonds. The first-order valence-electron chi connectivity index (χ1n) is 11.8. The zero-order chi connectivity index (χ0) is 25.5. The zero-order valence-corrected chi connectivity index (χ0v) is 21.0. The maximum Gasteiger partial charge on any atom is 0.264 e. The van der Waals surface area contributed by atoms with Crippen molar-refractivity contribution in [3.05, 3.63) is 106 Å². The molecule has 0 radical (unpaired) electrons. The molecule has 1 N–H and O–H groups in total. The number of ether oxygens (including phenoxy) is 1. The Morgan fingerprint density at radius 3 is 2.44 bits per heavy atom. The number of nitrogens with one attached hydrogen (secondary N) is 1. The molecular weight excluding hydrogens is 470 g/mol. The molecule has 182 valence electrons. The Hall–Kier alpha value is -4.02. The third-order valence-corrected chi connectivity index (χ3v) is 6.97. The van der Waals surface area contributed by atoms with E-state index in [-0.39, 0.29) is 18.0 Å². The number of anilines is 1. The summed E-state index contributed by atoms with van der Waals surface area (Å²) in [5, 5.41) is 12.7. The average molecular weight is 498 g/mol. The number of hydrogen-bond donors (Lipinski definition) is 1. The van der Waals surface area contributed by atoms with Crippen LogP contribution >= 0.6 is 11.8 Å². The van der Waals surface area contributed by atoms with Gasteiger partial charge in [0.05, 0.1) is 11.9 Å². The van der Waals surface area contributed by atoms with Gasteiger partial charge in [-0.25, -0.2) is 0 Å². The van der Waals surface area contributed by atoms with Crippen LogP contribution in [0.5, 0.6) is 5.75 Å². The number of nitrogens with zero attached hydrogens (tertiary/aromatic N) is 2. The largest absolute Gasteiger partial charge is 0.494 e. The average Bonchev–Trinajstić information content (AvgIpc) is 3.20. The first-order chi connectivity index (χ1) is 17.5. The zero-order valence-electron chi connectivity index (χ0n) is 20.2. The Balaban J connectivity index is 1.67. The van der Waals surface area contributed by atoms with Crippen LogP contribution in [-0.2, 0) is 22.6 Å². The van der Waals surface area contributed by atoms with E-state index in [1.165, 1.54) is 16.7 Å². The number of carbonyl (C=O) groups is 2. The highest BCUT2D eigenvalue weighted by Crippen LogP contribution is 2.42. The molecule has 36 heavy (non-hydrogen) atoms. The van der Waals surface area contributed by atoms with E-state index in [1.807, 2.05) is 62.4 Å². The molecule has 7 heteroatoms. The minimum Gasteiger partial charge on any atom is -0.494 e. The van der Waals surface area contributed by atoms with Gasteiger partial charge in [0, 0.05) is 12.2 Å². The second-order valence-electron chi connectivity index (χ2n) is 8.36. The van der Waals surface area contributed by atoms with Crippen LogP contribution in [0.3, 0.4) is 0 Å². The van der Waals surface area contributed by atoms with E-state index < -0.39 is 11.2 Å². The molecule has 0 bridgehead atoms. The minimum absolute atomic E-state index is 0.0788. The first-order valence-corrected chi connectivity index (χ1v) is 12.6. The number of hydrogen-bond acceptors (Lipinski definition) is 5. The minimum atomic E-state index is -0.510. The summed E-state index contributed by atoms with van der Waals surface area (Å²) < 4.78 is 5.53. The lowest BCUT2D eigenvalue weighted by atomic mass is 10.1. The van der Waals surface area contributed by atoms with Crippen molar-refractivity contribution in [2.45, 2.75) is 32.1 Å². The van der Waals surface area contributed by atoms with Crippen molar-refractivity contribution in [3.63, 3.8) is 0 Å². The summed E-state index contributed by atoms with van der Waals surface area (Å²) in [7, 11) is 0. The second-order valence-corrected chi connectivity index (χ2v) is 9.55. The van der Waals surface area contributed by atoms with Crippen molar-refractivity contribution in [1.29, 1.82) is 5.26 Å². The van der Waals surface area contributed by atoms with Crippen LogP contribution < -0.4 is 15.0 Å². The molecule has 3 aromatic carbocycles. The molecule has 1 saturated heterocycles. The lowest BCUT2D eigenvalue weighted by Gasteiger charge is -2.19. The number of benzene rings is 3. The molecule has 1 fully saturated rings. The van der Waals surface area contributed by atoms with E-state index in [2.05, 4.69) is 17.5 Å². The van der Waals surface area contributed by atoms with E-state index in [0.29, 0.717) is 29.5 Å². The quantitative estimate of drug-likeness (QED) is 0.344. The van der Waals surface area contributed by atoms with E-state index in [1.54, 1.807) is 24.3 Å². The number of rotatable bonds is 8. The molecular formula is C29H27N3O3S. The van der Waals surface area contributed by atoms with Crippen LogP contribution in [0.15, 0.2) is 89.5 Å². The van der Waals surface area contributed by atoms with Crippen molar-refractivity contribution in [2.75, 3.05) is 11.5 Å². The molecule has 0 aromatic heterocycles. The highest BCUT2D eigenvalue weighted by molar-refractivity contribution is 8.05. The van der Waals surface area contributed by atoms with Gasteiger partial charge >= 0.3 is 0 Å². The van der Waals surface area contributed by atoms with Gasteiger partial charge in [-0.2, -0.15) is 5.26 Å². The normalized spacial score (nSPS) is 16.4. The Bertz CT molecular complexity index is 1310. The lowest BCUT2D eigenvalue weighted by Crippen LogP contribution is -2.32. The fourth-order valence-corrected chi connectivity index (χ4v) is 5.31. The fraction of sp³-hybridized carbons (Fsp3) is 0.207. The van der Waals surface area contributed by atoms with Crippen LogP contribution in [0.1, 0.15) is 23.6 Å². The highest BCUT2D eigenvalue weighted by atomic mass is 32.2. The van der Waals surface area contributed by atoms with Crippen molar-refractivity contribution in [3.8, 4) is 11.8 Å². The molecule has 0 spiro atoms. The van der Waals surface area contributed by atoms with Gasteiger partial charge in [-0.1, -0.05) is 71.9 Å².